The fourth-order valence-electron chi connectivity index (χ4n) is 4.27. The predicted molar refractivity (Wildman–Crippen MR) is 143 cm³/mol. The zero-order chi connectivity index (χ0) is 25.4. The standard InChI is InChI=1S/C28H23BrN2O4S/c1-4-34-27(33)24-17(3)30-28-31(25(24)18-8-6-5-7-9-18)26(32)23(36-28)15-19-11-13-22(35-19)20-12-10-16(2)14-21(20)29/h5-15,25H,4H2,1-3H3/b23-15-/t25-/m1/s1. The lowest BCUT2D eigenvalue weighted by atomic mass is 9.96. The van der Waals surface area contributed by atoms with Crippen molar-refractivity contribution >= 4 is 39.3 Å². The number of rotatable bonds is 5. The summed E-state index contributed by atoms with van der Waals surface area (Å²) in [6, 6.07) is 18.6. The maximum atomic E-state index is 13.7. The van der Waals surface area contributed by atoms with Gasteiger partial charge < -0.3 is 9.15 Å². The van der Waals surface area contributed by atoms with Crippen molar-refractivity contribution in [2.75, 3.05) is 6.61 Å². The summed E-state index contributed by atoms with van der Waals surface area (Å²) in [6.07, 6.45) is 1.72. The van der Waals surface area contributed by atoms with Gasteiger partial charge in [0, 0.05) is 16.1 Å². The molecule has 182 valence electrons. The molecule has 2 aromatic carbocycles. The van der Waals surface area contributed by atoms with E-state index in [9.17, 15) is 9.59 Å². The predicted octanol–water partition coefficient (Wildman–Crippen LogP) is 5.13. The summed E-state index contributed by atoms with van der Waals surface area (Å²) >= 11 is 4.87. The van der Waals surface area contributed by atoms with Gasteiger partial charge in [0.1, 0.15) is 11.5 Å². The van der Waals surface area contributed by atoms with Gasteiger partial charge in [-0.1, -0.05) is 63.7 Å². The van der Waals surface area contributed by atoms with Gasteiger partial charge >= 0.3 is 5.97 Å². The maximum Gasteiger partial charge on any atom is 0.338 e. The van der Waals surface area contributed by atoms with E-state index in [0.717, 1.165) is 21.2 Å². The zero-order valence-electron chi connectivity index (χ0n) is 19.9. The van der Waals surface area contributed by atoms with Crippen molar-refractivity contribution in [3.05, 3.63) is 113 Å². The lowest BCUT2D eigenvalue weighted by molar-refractivity contribution is -0.139. The van der Waals surface area contributed by atoms with Crippen LogP contribution in [-0.4, -0.2) is 17.1 Å². The number of furan rings is 1. The van der Waals surface area contributed by atoms with E-state index < -0.39 is 12.0 Å². The third-order valence-electron chi connectivity index (χ3n) is 5.92. The molecule has 0 amide bonds. The molecule has 1 aliphatic heterocycles. The van der Waals surface area contributed by atoms with Gasteiger partial charge in [0.25, 0.3) is 5.56 Å². The summed E-state index contributed by atoms with van der Waals surface area (Å²) < 4.78 is 14.4. The van der Waals surface area contributed by atoms with E-state index in [1.165, 1.54) is 11.3 Å². The number of carbonyl (C=O) groups excluding carboxylic acids is 1. The number of esters is 1. The van der Waals surface area contributed by atoms with E-state index in [1.807, 2.05) is 67.6 Å². The Hall–Kier alpha value is -3.49. The molecule has 36 heavy (non-hydrogen) atoms. The Morgan fingerprint density at radius 1 is 1.17 bits per heavy atom. The molecule has 0 radical (unpaired) electrons. The molecule has 1 aliphatic rings. The first-order valence-corrected chi connectivity index (χ1v) is 13.1. The summed E-state index contributed by atoms with van der Waals surface area (Å²) in [5.74, 6) is 0.782. The number of hydrogen-bond donors (Lipinski definition) is 0. The monoisotopic (exact) mass is 562 g/mol. The van der Waals surface area contributed by atoms with E-state index in [1.54, 1.807) is 24.5 Å². The lowest BCUT2D eigenvalue weighted by Gasteiger charge is -2.24. The molecular weight excluding hydrogens is 540 g/mol. The number of halogens is 1. The van der Waals surface area contributed by atoms with Crippen LogP contribution in [0.4, 0.5) is 0 Å². The van der Waals surface area contributed by atoms with Crippen LogP contribution in [0.3, 0.4) is 0 Å². The molecule has 0 N–H and O–H groups in total. The molecule has 0 fully saturated rings. The van der Waals surface area contributed by atoms with Gasteiger partial charge in [-0.25, -0.2) is 9.79 Å². The van der Waals surface area contributed by atoms with Crippen molar-refractivity contribution in [1.82, 2.24) is 4.57 Å². The van der Waals surface area contributed by atoms with Gasteiger partial charge in [-0.05, 0) is 56.2 Å². The number of aryl methyl sites for hydroxylation is 1. The molecule has 0 spiro atoms. The molecule has 6 nitrogen and oxygen atoms in total. The van der Waals surface area contributed by atoms with Crippen LogP contribution in [-0.2, 0) is 9.53 Å². The molecule has 0 saturated heterocycles. The Kier molecular flexibility index (Phi) is 6.64. The second-order valence-corrected chi connectivity index (χ2v) is 10.3. The second-order valence-electron chi connectivity index (χ2n) is 8.40. The van der Waals surface area contributed by atoms with Crippen molar-refractivity contribution < 1.29 is 13.9 Å². The highest BCUT2D eigenvalue weighted by molar-refractivity contribution is 9.10. The minimum absolute atomic E-state index is 0.236. The quantitative estimate of drug-likeness (QED) is 0.316. The van der Waals surface area contributed by atoms with Crippen LogP contribution in [0, 0.1) is 6.92 Å². The fraction of sp³-hybridized carbons (Fsp3) is 0.179. The third-order valence-corrected chi connectivity index (χ3v) is 7.56. The first kappa shape index (κ1) is 24.2. The minimum Gasteiger partial charge on any atom is -0.463 e. The Morgan fingerprint density at radius 2 is 1.94 bits per heavy atom. The van der Waals surface area contributed by atoms with Crippen molar-refractivity contribution in [3.63, 3.8) is 0 Å². The number of carbonyl (C=O) groups is 1. The number of fused-ring (bicyclic) bond motifs is 1. The van der Waals surface area contributed by atoms with Gasteiger partial charge in [0.15, 0.2) is 4.80 Å². The summed E-state index contributed by atoms with van der Waals surface area (Å²) in [7, 11) is 0. The second kappa shape index (κ2) is 9.87. The highest BCUT2D eigenvalue weighted by atomic mass is 79.9. The van der Waals surface area contributed by atoms with E-state index in [2.05, 4.69) is 20.9 Å². The molecule has 8 heteroatoms. The Balaban J connectivity index is 1.63. The highest BCUT2D eigenvalue weighted by Gasteiger charge is 2.33. The van der Waals surface area contributed by atoms with Gasteiger partial charge in [-0.2, -0.15) is 0 Å². The molecular formula is C28H23BrN2O4S. The molecule has 0 aliphatic carbocycles. The van der Waals surface area contributed by atoms with Crippen LogP contribution >= 0.6 is 27.3 Å². The van der Waals surface area contributed by atoms with Gasteiger partial charge in [0.2, 0.25) is 0 Å². The lowest BCUT2D eigenvalue weighted by Crippen LogP contribution is -2.39. The molecule has 5 rings (SSSR count). The average Bonchev–Trinajstić information content (AvgIpc) is 3.43. The summed E-state index contributed by atoms with van der Waals surface area (Å²) in [4.78, 5) is 31.7. The van der Waals surface area contributed by atoms with Crippen LogP contribution in [0.2, 0.25) is 0 Å². The summed E-state index contributed by atoms with van der Waals surface area (Å²) in [6.45, 7) is 5.80. The average molecular weight is 563 g/mol. The molecule has 2 aromatic heterocycles. The highest BCUT2D eigenvalue weighted by Crippen LogP contribution is 2.32. The first-order valence-electron chi connectivity index (χ1n) is 11.5. The number of nitrogens with zero attached hydrogens (tertiary/aromatic N) is 2. The zero-order valence-corrected chi connectivity index (χ0v) is 22.4. The number of aromatic nitrogens is 1. The topological polar surface area (TPSA) is 73.8 Å². The first-order chi connectivity index (χ1) is 17.4. The maximum absolute atomic E-state index is 13.7. The van der Waals surface area contributed by atoms with Crippen LogP contribution in [0.15, 0.2) is 90.6 Å². The van der Waals surface area contributed by atoms with Crippen LogP contribution in [0.25, 0.3) is 17.4 Å². The van der Waals surface area contributed by atoms with Crippen molar-refractivity contribution in [3.8, 4) is 11.3 Å². The number of thiazole rings is 1. The van der Waals surface area contributed by atoms with E-state index in [4.69, 9.17) is 9.15 Å². The summed E-state index contributed by atoms with van der Waals surface area (Å²) in [5, 5.41) is 0. The normalized spacial score (nSPS) is 15.6. The number of allylic oxidation sites excluding steroid dienone is 1. The Labute approximate surface area is 220 Å². The van der Waals surface area contributed by atoms with Crippen LogP contribution < -0.4 is 14.9 Å². The van der Waals surface area contributed by atoms with Gasteiger partial charge in [0.05, 0.1) is 28.5 Å². The molecule has 1 atom stereocenters. The van der Waals surface area contributed by atoms with E-state index in [-0.39, 0.29) is 12.2 Å². The van der Waals surface area contributed by atoms with Crippen LogP contribution in [0.5, 0.6) is 0 Å². The fourth-order valence-corrected chi connectivity index (χ4v) is 5.98. The van der Waals surface area contributed by atoms with Gasteiger partial charge in [-0.15, -0.1) is 0 Å². The van der Waals surface area contributed by atoms with Crippen molar-refractivity contribution in [1.29, 1.82) is 0 Å². The molecule has 4 aromatic rings. The molecule has 3 heterocycles. The number of benzene rings is 2. The third kappa shape index (κ3) is 4.42. The smallest absolute Gasteiger partial charge is 0.338 e. The molecule has 0 saturated carbocycles. The molecule has 0 bridgehead atoms. The van der Waals surface area contributed by atoms with Gasteiger partial charge in [-0.3, -0.25) is 9.36 Å². The SMILES string of the molecule is CCOC(=O)C1=C(C)N=c2s/c(=C\c3ccc(-c4ccc(C)cc4Br)o3)c(=O)n2[C@@H]1c1ccccc1. The Bertz CT molecular complexity index is 1680. The largest absolute Gasteiger partial charge is 0.463 e. The van der Waals surface area contributed by atoms with E-state index in [0.29, 0.717) is 32.1 Å². The number of hydrogen-bond acceptors (Lipinski definition) is 6. The minimum atomic E-state index is -0.626. The van der Waals surface area contributed by atoms with Crippen LogP contribution in [0.1, 0.15) is 36.8 Å². The summed E-state index contributed by atoms with van der Waals surface area (Å²) in [5.41, 5.74) is 3.55. The number of ether oxygens (including phenoxy) is 1. The van der Waals surface area contributed by atoms with E-state index >= 15 is 0 Å². The molecule has 0 unspecified atom stereocenters. The van der Waals surface area contributed by atoms with Crippen molar-refractivity contribution in [2.24, 2.45) is 4.99 Å². The Morgan fingerprint density at radius 3 is 2.67 bits per heavy atom. The van der Waals surface area contributed by atoms with Crippen molar-refractivity contribution in [2.45, 2.75) is 26.8 Å².